The molecular weight excluding hydrogens is 375 g/mol. The largest absolute Gasteiger partial charge is 0.286 e. The summed E-state index contributed by atoms with van der Waals surface area (Å²) in [7, 11) is -1.04. The highest BCUT2D eigenvalue weighted by molar-refractivity contribution is 7.85. The monoisotopic (exact) mass is 424 g/mol. The van der Waals surface area contributed by atoms with E-state index in [-0.39, 0.29) is 5.75 Å². The lowest BCUT2D eigenvalue weighted by atomic mass is 10.0. The van der Waals surface area contributed by atoms with Gasteiger partial charge in [-0.05, 0) is 12.6 Å². The molecule has 0 saturated carbocycles. The van der Waals surface area contributed by atoms with Crippen LogP contribution in [0.2, 0.25) is 0 Å². The second kappa shape index (κ2) is 24.4. The Balaban J connectivity index is 0. The molecule has 0 aliphatic heterocycles. The summed E-state index contributed by atoms with van der Waals surface area (Å²) in [6.07, 6.45) is 24.2. The summed E-state index contributed by atoms with van der Waals surface area (Å²) in [5.74, 6) is -0.0779. The van der Waals surface area contributed by atoms with Crippen LogP contribution in [-0.2, 0) is 10.1 Å². The van der Waals surface area contributed by atoms with Crippen molar-refractivity contribution in [1.29, 1.82) is 0 Å². The standard InChI is InChI=1S/C18H38O3S.C4H11P/c1-2-3-4-5-6-7-8-9-10-11-12-13-14-15-16-17-18-22(19,20)21;1-2-3-4-5/h2-18H2,1H3,(H,19,20,21);2-5H2,1H3. The minimum absolute atomic E-state index is 0.0779. The maximum Gasteiger partial charge on any atom is 0.264 e. The average Bonchev–Trinajstić information content (AvgIpc) is 2.62. The number of rotatable bonds is 19. The zero-order valence-corrected chi connectivity index (χ0v) is 20.4. The first-order valence-corrected chi connectivity index (χ1v) is 14.1. The molecule has 0 rings (SSSR count). The third-order valence-electron chi connectivity index (χ3n) is 4.81. The van der Waals surface area contributed by atoms with E-state index in [4.69, 9.17) is 4.55 Å². The molecule has 0 fully saturated rings. The highest BCUT2D eigenvalue weighted by atomic mass is 32.2. The molecule has 3 nitrogen and oxygen atoms in total. The smallest absolute Gasteiger partial charge is 0.264 e. The lowest BCUT2D eigenvalue weighted by Gasteiger charge is -2.03. The Kier molecular flexibility index (Phi) is 26.7. The summed E-state index contributed by atoms with van der Waals surface area (Å²) in [5.41, 5.74) is 0. The average molecular weight is 425 g/mol. The molecule has 0 aromatic rings. The first-order chi connectivity index (χ1) is 13.0. The maximum absolute atomic E-state index is 10.5. The fourth-order valence-electron chi connectivity index (χ4n) is 3.04. The van der Waals surface area contributed by atoms with Crippen LogP contribution in [0.3, 0.4) is 0 Å². The van der Waals surface area contributed by atoms with Gasteiger partial charge < -0.3 is 0 Å². The highest BCUT2D eigenvalue weighted by Gasteiger charge is 2.02. The fraction of sp³-hybridized carbons (Fsp3) is 1.00. The van der Waals surface area contributed by atoms with Crippen LogP contribution in [-0.4, -0.2) is 24.9 Å². The van der Waals surface area contributed by atoms with Crippen molar-refractivity contribution in [2.45, 2.75) is 129 Å². The Morgan fingerprint density at radius 3 is 1.07 bits per heavy atom. The van der Waals surface area contributed by atoms with Crippen LogP contribution in [0.1, 0.15) is 129 Å². The van der Waals surface area contributed by atoms with Gasteiger partial charge in [0.2, 0.25) is 0 Å². The maximum atomic E-state index is 10.5. The minimum Gasteiger partial charge on any atom is -0.286 e. The Bertz CT molecular complexity index is 357. The summed E-state index contributed by atoms with van der Waals surface area (Å²) in [4.78, 5) is 0. The van der Waals surface area contributed by atoms with E-state index in [2.05, 4.69) is 23.1 Å². The molecule has 0 spiro atoms. The molecule has 0 aromatic carbocycles. The zero-order valence-electron chi connectivity index (χ0n) is 18.4. The predicted octanol–water partition coefficient (Wildman–Crippen LogP) is 7.80. The van der Waals surface area contributed by atoms with E-state index in [0.29, 0.717) is 6.42 Å². The van der Waals surface area contributed by atoms with E-state index in [0.717, 1.165) is 12.8 Å². The fourth-order valence-corrected chi connectivity index (χ4v) is 4.01. The molecular formula is C22H49O3PS. The molecule has 0 bridgehead atoms. The van der Waals surface area contributed by atoms with Gasteiger partial charge in [0.25, 0.3) is 10.1 Å². The summed E-state index contributed by atoms with van der Waals surface area (Å²) < 4.78 is 29.7. The number of hydrogen-bond acceptors (Lipinski definition) is 2. The van der Waals surface area contributed by atoms with Gasteiger partial charge in [0.1, 0.15) is 0 Å². The molecule has 1 N–H and O–H groups in total. The quantitative estimate of drug-likeness (QED) is 0.131. The van der Waals surface area contributed by atoms with E-state index in [1.165, 1.54) is 102 Å². The third kappa shape index (κ3) is 34.3. The van der Waals surface area contributed by atoms with Crippen molar-refractivity contribution in [3.05, 3.63) is 0 Å². The van der Waals surface area contributed by atoms with Gasteiger partial charge in [0, 0.05) is 0 Å². The molecule has 27 heavy (non-hydrogen) atoms. The second-order valence-electron chi connectivity index (χ2n) is 7.73. The van der Waals surface area contributed by atoms with E-state index >= 15 is 0 Å². The lowest BCUT2D eigenvalue weighted by Crippen LogP contribution is -2.03. The van der Waals surface area contributed by atoms with Crippen molar-refractivity contribution in [2.24, 2.45) is 0 Å². The summed E-state index contributed by atoms with van der Waals surface area (Å²) >= 11 is 0. The molecule has 1 unspecified atom stereocenters. The van der Waals surface area contributed by atoms with E-state index in [1.54, 1.807) is 0 Å². The molecule has 0 aliphatic carbocycles. The molecule has 5 heteroatoms. The van der Waals surface area contributed by atoms with Crippen LogP contribution in [0.15, 0.2) is 0 Å². The van der Waals surface area contributed by atoms with Crippen LogP contribution >= 0.6 is 9.24 Å². The Labute approximate surface area is 173 Å². The van der Waals surface area contributed by atoms with Crippen molar-refractivity contribution < 1.29 is 13.0 Å². The molecule has 0 aromatic heterocycles. The van der Waals surface area contributed by atoms with Crippen LogP contribution in [0.4, 0.5) is 0 Å². The molecule has 0 amide bonds. The normalized spacial score (nSPS) is 11.3. The van der Waals surface area contributed by atoms with E-state index in [9.17, 15) is 8.42 Å². The number of unbranched alkanes of at least 4 members (excludes halogenated alkanes) is 16. The van der Waals surface area contributed by atoms with Crippen molar-refractivity contribution in [3.8, 4) is 0 Å². The van der Waals surface area contributed by atoms with E-state index < -0.39 is 10.1 Å². The van der Waals surface area contributed by atoms with Gasteiger partial charge in [-0.2, -0.15) is 8.42 Å². The van der Waals surface area contributed by atoms with Crippen molar-refractivity contribution >= 4 is 19.4 Å². The Hall–Kier alpha value is 0.340. The SMILES string of the molecule is CCCCCCCCCCCCCCCCCCS(=O)(=O)O.CCCCP. The van der Waals surface area contributed by atoms with Gasteiger partial charge >= 0.3 is 0 Å². The topological polar surface area (TPSA) is 54.4 Å². The van der Waals surface area contributed by atoms with Gasteiger partial charge in [0.05, 0.1) is 5.75 Å². The van der Waals surface area contributed by atoms with Crippen LogP contribution < -0.4 is 0 Å². The predicted molar refractivity (Wildman–Crippen MR) is 125 cm³/mol. The second-order valence-corrected chi connectivity index (χ2v) is 9.88. The molecule has 0 saturated heterocycles. The summed E-state index contributed by atoms with van der Waals surface area (Å²) in [6.45, 7) is 4.46. The minimum atomic E-state index is -3.74. The summed E-state index contributed by atoms with van der Waals surface area (Å²) in [5, 5.41) is 0. The molecule has 0 aliphatic rings. The van der Waals surface area contributed by atoms with Gasteiger partial charge in [-0.25, -0.2) is 0 Å². The Morgan fingerprint density at radius 1 is 0.556 bits per heavy atom. The first kappa shape index (κ1) is 29.5. The van der Waals surface area contributed by atoms with Crippen molar-refractivity contribution in [1.82, 2.24) is 0 Å². The molecule has 0 heterocycles. The number of hydrogen-bond donors (Lipinski definition) is 1. The van der Waals surface area contributed by atoms with Gasteiger partial charge in [-0.3, -0.25) is 4.55 Å². The zero-order chi connectivity index (χ0) is 20.6. The molecule has 166 valence electrons. The highest BCUT2D eigenvalue weighted by Crippen LogP contribution is 2.13. The Morgan fingerprint density at radius 2 is 0.852 bits per heavy atom. The van der Waals surface area contributed by atoms with E-state index in [1.807, 2.05) is 0 Å². The van der Waals surface area contributed by atoms with Crippen LogP contribution in [0.25, 0.3) is 0 Å². The third-order valence-corrected chi connectivity index (χ3v) is 6.03. The first-order valence-electron chi connectivity index (χ1n) is 11.6. The van der Waals surface area contributed by atoms with Gasteiger partial charge in [-0.15, -0.1) is 9.24 Å². The lowest BCUT2D eigenvalue weighted by molar-refractivity contribution is 0.478. The van der Waals surface area contributed by atoms with Crippen molar-refractivity contribution in [2.75, 3.05) is 11.9 Å². The molecule has 1 atom stereocenters. The van der Waals surface area contributed by atoms with Crippen LogP contribution in [0, 0.1) is 0 Å². The van der Waals surface area contributed by atoms with Gasteiger partial charge in [0.15, 0.2) is 0 Å². The van der Waals surface area contributed by atoms with Crippen molar-refractivity contribution in [3.63, 3.8) is 0 Å². The summed E-state index contributed by atoms with van der Waals surface area (Å²) in [6, 6.07) is 0. The molecule has 0 radical (unpaired) electrons. The van der Waals surface area contributed by atoms with Crippen LogP contribution in [0.5, 0.6) is 0 Å². The van der Waals surface area contributed by atoms with Gasteiger partial charge in [-0.1, -0.05) is 123 Å².